The van der Waals surface area contributed by atoms with Crippen LogP contribution >= 0.6 is 11.8 Å². The molecule has 0 aliphatic heterocycles. The lowest BCUT2D eigenvalue weighted by Crippen LogP contribution is -2.12. The summed E-state index contributed by atoms with van der Waals surface area (Å²) in [5.74, 6) is 6.34. The van der Waals surface area contributed by atoms with Crippen molar-refractivity contribution in [1.82, 2.24) is 14.9 Å². The first-order chi connectivity index (χ1) is 13.6. The number of aryl methyl sites for hydroxylation is 1. The topological polar surface area (TPSA) is 86.9 Å². The quantitative estimate of drug-likeness (QED) is 0.314. The van der Waals surface area contributed by atoms with E-state index in [2.05, 4.69) is 10.2 Å². The fourth-order valence-electron chi connectivity index (χ4n) is 2.96. The lowest BCUT2D eigenvalue weighted by atomic mass is 10.1. The predicted octanol–water partition coefficient (Wildman–Crippen LogP) is 3.76. The van der Waals surface area contributed by atoms with Gasteiger partial charge >= 0.3 is 5.63 Å². The lowest BCUT2D eigenvalue weighted by molar-refractivity contribution is 0.559. The van der Waals surface area contributed by atoms with Gasteiger partial charge < -0.3 is 10.3 Å². The van der Waals surface area contributed by atoms with Crippen LogP contribution in [0.2, 0.25) is 0 Å². The average Bonchev–Trinajstić information content (AvgIpc) is 3.06. The van der Waals surface area contributed by atoms with Crippen LogP contribution in [-0.4, -0.2) is 14.9 Å². The Balaban J connectivity index is 1.64. The van der Waals surface area contributed by atoms with E-state index < -0.39 is 11.4 Å². The van der Waals surface area contributed by atoms with Gasteiger partial charge in [0.15, 0.2) is 5.82 Å². The Bertz CT molecular complexity index is 1220. The summed E-state index contributed by atoms with van der Waals surface area (Å²) in [5.41, 5.74) is 2.34. The molecule has 0 aliphatic carbocycles. The lowest BCUT2D eigenvalue weighted by Gasteiger charge is -2.07. The minimum atomic E-state index is -0.420. The molecule has 6 nitrogen and oxygen atoms in total. The summed E-state index contributed by atoms with van der Waals surface area (Å²) in [5, 5.41) is 9.35. The molecule has 142 valence electrons. The molecule has 0 atom stereocenters. The molecule has 2 N–H and O–H groups in total. The van der Waals surface area contributed by atoms with Gasteiger partial charge in [0.05, 0.1) is 5.56 Å². The van der Waals surface area contributed by atoms with Crippen LogP contribution in [0.15, 0.2) is 62.9 Å². The van der Waals surface area contributed by atoms with Crippen molar-refractivity contribution in [1.29, 1.82) is 0 Å². The first kappa shape index (κ1) is 18.2. The maximum atomic E-state index is 14.0. The molecule has 2 aromatic carbocycles. The first-order valence-electron chi connectivity index (χ1n) is 8.70. The number of fused-ring (bicyclic) bond motifs is 1. The SMILES string of the molecule is CCc1ccc2c(CSc3nnc(-c4ccccc4F)n3N)cc(=O)oc2c1. The summed E-state index contributed by atoms with van der Waals surface area (Å²) < 4.78 is 20.6. The normalized spacial score (nSPS) is 11.2. The van der Waals surface area contributed by atoms with Crippen molar-refractivity contribution in [3.05, 3.63) is 75.9 Å². The van der Waals surface area contributed by atoms with Gasteiger partial charge in [-0.1, -0.05) is 43.0 Å². The number of nitrogen functional groups attached to an aromatic ring is 1. The van der Waals surface area contributed by atoms with Crippen molar-refractivity contribution in [3.8, 4) is 11.4 Å². The van der Waals surface area contributed by atoms with Gasteiger partial charge in [0.25, 0.3) is 0 Å². The van der Waals surface area contributed by atoms with Crippen molar-refractivity contribution >= 4 is 22.7 Å². The number of rotatable bonds is 5. The van der Waals surface area contributed by atoms with Crippen LogP contribution < -0.4 is 11.5 Å². The number of hydrogen-bond acceptors (Lipinski definition) is 6. The van der Waals surface area contributed by atoms with Crippen molar-refractivity contribution in [2.45, 2.75) is 24.3 Å². The third-order valence-corrected chi connectivity index (χ3v) is 5.43. The van der Waals surface area contributed by atoms with E-state index in [1.807, 2.05) is 25.1 Å². The second kappa shape index (κ2) is 7.47. The summed E-state index contributed by atoms with van der Waals surface area (Å²) in [4.78, 5) is 11.9. The van der Waals surface area contributed by atoms with Crippen molar-refractivity contribution < 1.29 is 8.81 Å². The van der Waals surface area contributed by atoms with Crippen LogP contribution in [0.4, 0.5) is 4.39 Å². The minimum absolute atomic E-state index is 0.241. The van der Waals surface area contributed by atoms with Gasteiger partial charge in [0, 0.05) is 17.2 Å². The van der Waals surface area contributed by atoms with Crippen LogP contribution in [-0.2, 0) is 12.2 Å². The van der Waals surface area contributed by atoms with E-state index in [1.165, 1.54) is 28.6 Å². The monoisotopic (exact) mass is 396 g/mol. The Morgan fingerprint density at radius 2 is 2.00 bits per heavy atom. The molecule has 4 aromatic rings. The van der Waals surface area contributed by atoms with Crippen molar-refractivity contribution in [2.75, 3.05) is 5.84 Å². The molecule has 0 fully saturated rings. The molecule has 0 unspecified atom stereocenters. The molecule has 2 aromatic heterocycles. The Kier molecular flexibility index (Phi) is 4.87. The largest absolute Gasteiger partial charge is 0.423 e. The van der Waals surface area contributed by atoms with Crippen LogP contribution in [0.3, 0.4) is 0 Å². The van der Waals surface area contributed by atoms with E-state index >= 15 is 0 Å². The third kappa shape index (κ3) is 3.38. The van der Waals surface area contributed by atoms with Gasteiger partial charge in [-0.05, 0) is 35.7 Å². The van der Waals surface area contributed by atoms with Gasteiger partial charge in [-0.25, -0.2) is 13.9 Å². The van der Waals surface area contributed by atoms with Crippen LogP contribution in [0.5, 0.6) is 0 Å². The molecule has 0 saturated heterocycles. The molecule has 2 heterocycles. The Morgan fingerprint density at radius 1 is 1.18 bits per heavy atom. The summed E-state index contributed by atoms with van der Waals surface area (Å²) in [6, 6.07) is 13.6. The van der Waals surface area contributed by atoms with E-state index in [4.69, 9.17) is 10.3 Å². The van der Waals surface area contributed by atoms with Crippen LogP contribution in [0.1, 0.15) is 18.1 Å². The summed E-state index contributed by atoms with van der Waals surface area (Å²) in [6.45, 7) is 2.04. The van der Waals surface area contributed by atoms with Crippen molar-refractivity contribution in [2.24, 2.45) is 0 Å². The molecule has 0 spiro atoms. The smallest absolute Gasteiger partial charge is 0.336 e. The molecule has 8 heteroatoms. The zero-order valence-electron chi connectivity index (χ0n) is 15.1. The van der Waals surface area contributed by atoms with Gasteiger partial charge in [-0.15, -0.1) is 10.2 Å². The van der Waals surface area contributed by atoms with Crippen molar-refractivity contribution in [3.63, 3.8) is 0 Å². The molecular formula is C20H17FN4O2S. The Hall–Kier alpha value is -3.13. The number of thioether (sulfide) groups is 1. The maximum absolute atomic E-state index is 14.0. The second-order valence-electron chi connectivity index (χ2n) is 6.22. The number of hydrogen-bond donors (Lipinski definition) is 1. The molecule has 28 heavy (non-hydrogen) atoms. The highest BCUT2D eigenvalue weighted by Gasteiger charge is 2.16. The number of benzene rings is 2. The molecule has 0 saturated carbocycles. The predicted molar refractivity (Wildman–Crippen MR) is 107 cm³/mol. The van der Waals surface area contributed by atoms with E-state index in [9.17, 15) is 9.18 Å². The van der Waals surface area contributed by atoms with E-state index in [0.717, 1.165) is 22.9 Å². The fraction of sp³-hybridized carbons (Fsp3) is 0.150. The maximum Gasteiger partial charge on any atom is 0.336 e. The van der Waals surface area contributed by atoms with Gasteiger partial charge in [0.1, 0.15) is 11.4 Å². The molecule has 0 bridgehead atoms. The molecule has 0 aliphatic rings. The van der Waals surface area contributed by atoms with Gasteiger partial charge in [-0.2, -0.15) is 0 Å². The highest BCUT2D eigenvalue weighted by Crippen LogP contribution is 2.28. The number of nitrogens with zero attached hydrogens (tertiary/aromatic N) is 3. The van der Waals surface area contributed by atoms with Gasteiger partial charge in [-0.3, -0.25) is 0 Å². The molecule has 4 rings (SSSR count). The Morgan fingerprint density at radius 3 is 2.79 bits per heavy atom. The average molecular weight is 396 g/mol. The highest BCUT2D eigenvalue weighted by atomic mass is 32.2. The van der Waals surface area contributed by atoms with E-state index in [1.54, 1.807) is 18.2 Å². The fourth-order valence-corrected chi connectivity index (χ4v) is 3.81. The molecule has 0 radical (unpaired) electrons. The number of halogens is 1. The standard InChI is InChI=1S/C20H17FN4O2S/c1-2-12-7-8-14-13(10-18(26)27-17(14)9-12)11-28-20-24-23-19(25(20)22)15-5-3-4-6-16(15)21/h3-10H,2,11,22H2,1H3. The Labute approximate surface area is 164 Å². The summed E-state index contributed by atoms with van der Waals surface area (Å²) >= 11 is 1.32. The zero-order valence-corrected chi connectivity index (χ0v) is 15.9. The highest BCUT2D eigenvalue weighted by molar-refractivity contribution is 7.98. The minimum Gasteiger partial charge on any atom is -0.423 e. The van der Waals surface area contributed by atoms with E-state index in [-0.39, 0.29) is 11.4 Å². The van der Waals surface area contributed by atoms with Crippen LogP contribution in [0.25, 0.3) is 22.4 Å². The molecular weight excluding hydrogens is 379 g/mol. The number of aromatic nitrogens is 3. The first-order valence-corrected chi connectivity index (χ1v) is 9.69. The summed E-state index contributed by atoms with van der Waals surface area (Å²) in [6.07, 6.45) is 0.855. The zero-order chi connectivity index (χ0) is 19.7. The van der Waals surface area contributed by atoms with Crippen LogP contribution in [0, 0.1) is 5.82 Å². The van der Waals surface area contributed by atoms with Gasteiger partial charge in [0.2, 0.25) is 5.16 Å². The second-order valence-corrected chi connectivity index (χ2v) is 7.16. The van der Waals surface area contributed by atoms with E-state index in [0.29, 0.717) is 16.5 Å². The molecule has 0 amide bonds. The number of nitrogens with two attached hydrogens (primary N) is 1. The summed E-state index contributed by atoms with van der Waals surface area (Å²) in [7, 11) is 0. The third-order valence-electron chi connectivity index (χ3n) is 4.44.